The number of carbonyl (C=O) groups is 2. The topological polar surface area (TPSA) is 143 Å². The second-order valence-corrected chi connectivity index (χ2v) is 11.3. The molecule has 1 aliphatic rings. The van der Waals surface area contributed by atoms with Crippen LogP contribution in [0.4, 0.5) is 11.5 Å². The lowest BCUT2D eigenvalue weighted by Crippen LogP contribution is -2.31. The molecule has 1 saturated carbocycles. The molecule has 10 heteroatoms. The minimum absolute atomic E-state index is 0.00929. The summed E-state index contributed by atoms with van der Waals surface area (Å²) >= 11 is 0. The number of carbonyl (C=O) groups excluding carboxylic acids is 2. The van der Waals surface area contributed by atoms with Crippen LogP contribution in [0.25, 0.3) is 22.5 Å². The zero-order chi connectivity index (χ0) is 29.5. The number of hydrogen-bond acceptors (Lipinski definition) is 8. The van der Waals surface area contributed by atoms with E-state index in [-0.39, 0.29) is 24.0 Å². The van der Waals surface area contributed by atoms with Crippen molar-refractivity contribution in [2.45, 2.75) is 38.5 Å². The molecule has 0 unspecified atom stereocenters. The van der Waals surface area contributed by atoms with Crippen molar-refractivity contribution in [1.82, 2.24) is 25.6 Å². The van der Waals surface area contributed by atoms with Gasteiger partial charge in [-0.2, -0.15) is 5.21 Å². The number of nitrogens with two attached hydrogens (primary N) is 1. The van der Waals surface area contributed by atoms with E-state index in [0.29, 0.717) is 30.4 Å². The molecule has 4 N–H and O–H groups in total. The van der Waals surface area contributed by atoms with Crippen molar-refractivity contribution in [2.75, 3.05) is 30.9 Å². The average Bonchev–Trinajstić information content (AvgIpc) is 3.56. The number of benzene rings is 2. The zero-order valence-electron chi connectivity index (χ0n) is 24.2. The predicted molar refractivity (Wildman–Crippen MR) is 164 cm³/mol. The second-order valence-electron chi connectivity index (χ2n) is 11.3. The highest BCUT2D eigenvalue weighted by Crippen LogP contribution is 2.31. The standard InChI is InChI=1S/C32H38N8O2/c1-40(2)30-15-12-26(20-34-30)25-5-3-4-22(16-25)17-27(18-29(41)23-8-6-21(19-33)7-9-23)32(42)35-28-13-10-24(11-14-28)31-36-38-39-37-31/h3-5,10-16,20-21,23,27H,6-9,17-19,33H2,1-2H3,(H,35,42)(H,36,37,38,39)/t21?,23?,27-/m1/s1. The van der Waals surface area contributed by atoms with Gasteiger partial charge >= 0.3 is 0 Å². The van der Waals surface area contributed by atoms with Crippen molar-refractivity contribution in [1.29, 1.82) is 0 Å². The van der Waals surface area contributed by atoms with E-state index in [1.165, 1.54) is 0 Å². The van der Waals surface area contributed by atoms with Crippen LogP contribution in [0.3, 0.4) is 0 Å². The molecule has 4 aromatic rings. The van der Waals surface area contributed by atoms with Crippen LogP contribution in [-0.2, 0) is 16.0 Å². The first kappa shape index (κ1) is 29.1. The van der Waals surface area contributed by atoms with Gasteiger partial charge in [-0.15, -0.1) is 10.2 Å². The Hall–Kier alpha value is -4.44. The maximum Gasteiger partial charge on any atom is 0.228 e. The fourth-order valence-corrected chi connectivity index (χ4v) is 5.60. The van der Waals surface area contributed by atoms with Crippen molar-refractivity contribution in [3.8, 4) is 22.5 Å². The molecule has 0 radical (unpaired) electrons. The third-order valence-corrected chi connectivity index (χ3v) is 8.16. The quantitative estimate of drug-likeness (QED) is 0.241. The van der Waals surface area contributed by atoms with E-state index in [9.17, 15) is 9.59 Å². The van der Waals surface area contributed by atoms with Gasteiger partial charge in [0, 0.05) is 55.4 Å². The monoisotopic (exact) mass is 566 g/mol. The molecule has 218 valence electrons. The Bertz CT molecular complexity index is 1460. The van der Waals surface area contributed by atoms with Gasteiger partial charge in [0.2, 0.25) is 11.7 Å². The van der Waals surface area contributed by atoms with E-state index in [2.05, 4.69) is 37.0 Å². The lowest BCUT2D eigenvalue weighted by molar-refractivity contribution is -0.129. The molecule has 0 bridgehead atoms. The average molecular weight is 567 g/mol. The Morgan fingerprint density at radius 2 is 1.76 bits per heavy atom. The van der Waals surface area contributed by atoms with E-state index >= 15 is 0 Å². The summed E-state index contributed by atoms with van der Waals surface area (Å²) in [5, 5.41) is 17.1. The number of hydrogen-bond donors (Lipinski definition) is 3. The maximum atomic E-state index is 13.7. The Labute approximate surface area is 246 Å². The number of anilines is 2. The molecule has 0 spiro atoms. The van der Waals surface area contributed by atoms with Crippen LogP contribution in [0.1, 0.15) is 37.7 Å². The molecule has 1 amide bonds. The van der Waals surface area contributed by atoms with Crippen LogP contribution >= 0.6 is 0 Å². The van der Waals surface area contributed by atoms with Crippen molar-refractivity contribution >= 4 is 23.2 Å². The second kappa shape index (κ2) is 13.5. The normalized spacial score (nSPS) is 17.4. The number of aromatic amines is 1. The van der Waals surface area contributed by atoms with Crippen molar-refractivity contribution in [2.24, 2.45) is 23.5 Å². The predicted octanol–water partition coefficient (Wildman–Crippen LogP) is 4.52. The van der Waals surface area contributed by atoms with Gasteiger partial charge in [0.25, 0.3) is 0 Å². The van der Waals surface area contributed by atoms with Crippen LogP contribution in [0.2, 0.25) is 0 Å². The van der Waals surface area contributed by atoms with E-state index in [1.807, 2.05) is 79.8 Å². The number of tetrazole rings is 1. The SMILES string of the molecule is CN(C)c1ccc(-c2cccc(C[C@H](CC(=O)C3CCC(CN)CC3)C(=O)Nc3ccc(-c4nn[nH]n4)cc3)c2)cn1. The maximum absolute atomic E-state index is 13.7. The summed E-state index contributed by atoms with van der Waals surface area (Å²) in [5.41, 5.74) is 10.3. The highest BCUT2D eigenvalue weighted by Gasteiger charge is 2.30. The van der Waals surface area contributed by atoms with Crippen molar-refractivity contribution in [3.63, 3.8) is 0 Å². The first-order chi connectivity index (χ1) is 20.4. The van der Waals surface area contributed by atoms with Crippen molar-refractivity contribution in [3.05, 3.63) is 72.4 Å². The van der Waals surface area contributed by atoms with Crippen LogP contribution in [0, 0.1) is 17.8 Å². The molecule has 0 aliphatic heterocycles. The first-order valence-electron chi connectivity index (χ1n) is 14.5. The van der Waals surface area contributed by atoms with E-state index in [1.54, 1.807) is 0 Å². The van der Waals surface area contributed by atoms with E-state index in [0.717, 1.165) is 53.8 Å². The molecule has 5 rings (SSSR count). The molecular formula is C32H38N8O2. The summed E-state index contributed by atoms with van der Waals surface area (Å²) in [5.74, 6) is 1.33. The number of Topliss-reactive ketones (excluding diaryl/α,β-unsaturated/α-hetero) is 1. The smallest absolute Gasteiger partial charge is 0.228 e. The summed E-state index contributed by atoms with van der Waals surface area (Å²) in [6, 6.07) is 19.4. The van der Waals surface area contributed by atoms with Gasteiger partial charge < -0.3 is 16.0 Å². The summed E-state index contributed by atoms with van der Waals surface area (Å²) in [6.45, 7) is 0.668. The number of amides is 1. The van der Waals surface area contributed by atoms with Crippen LogP contribution in [0.15, 0.2) is 66.9 Å². The molecule has 2 aromatic carbocycles. The molecule has 42 heavy (non-hydrogen) atoms. The number of nitrogens with zero attached hydrogens (tertiary/aromatic N) is 5. The Morgan fingerprint density at radius 3 is 2.40 bits per heavy atom. The van der Waals surface area contributed by atoms with Gasteiger partial charge in [-0.05, 0) is 97.3 Å². The minimum atomic E-state index is -0.508. The van der Waals surface area contributed by atoms with Gasteiger partial charge in [-0.25, -0.2) is 4.98 Å². The van der Waals surface area contributed by atoms with E-state index < -0.39 is 5.92 Å². The van der Waals surface area contributed by atoms with Crippen molar-refractivity contribution < 1.29 is 9.59 Å². The van der Waals surface area contributed by atoms with Gasteiger partial charge in [0.1, 0.15) is 11.6 Å². The summed E-state index contributed by atoms with van der Waals surface area (Å²) in [7, 11) is 3.92. The third-order valence-electron chi connectivity index (χ3n) is 8.16. The zero-order valence-corrected chi connectivity index (χ0v) is 24.2. The molecule has 2 heterocycles. The molecule has 10 nitrogen and oxygen atoms in total. The third kappa shape index (κ3) is 7.25. The molecule has 0 saturated heterocycles. The number of aromatic nitrogens is 5. The fraction of sp³-hybridized carbons (Fsp3) is 0.375. The molecule has 1 fully saturated rings. The number of H-pyrrole nitrogens is 1. The Kier molecular flexibility index (Phi) is 9.33. The van der Waals surface area contributed by atoms with Gasteiger partial charge in [0.05, 0.1) is 0 Å². The molecule has 1 aliphatic carbocycles. The number of pyridine rings is 1. The first-order valence-corrected chi connectivity index (χ1v) is 14.5. The lowest BCUT2D eigenvalue weighted by Gasteiger charge is -2.27. The molecule has 1 atom stereocenters. The Morgan fingerprint density at radius 1 is 1.00 bits per heavy atom. The summed E-state index contributed by atoms with van der Waals surface area (Å²) in [6.07, 6.45) is 6.15. The number of nitrogens with one attached hydrogen (secondary N) is 2. The molecular weight excluding hydrogens is 528 g/mol. The fourth-order valence-electron chi connectivity index (χ4n) is 5.60. The van der Waals surface area contributed by atoms with Crippen LogP contribution < -0.4 is 16.0 Å². The van der Waals surface area contributed by atoms with Gasteiger partial charge in [-0.3, -0.25) is 9.59 Å². The minimum Gasteiger partial charge on any atom is -0.363 e. The van der Waals surface area contributed by atoms with E-state index in [4.69, 9.17) is 5.73 Å². The lowest BCUT2D eigenvalue weighted by atomic mass is 9.77. The Balaban J connectivity index is 1.33. The highest BCUT2D eigenvalue weighted by atomic mass is 16.2. The number of ketones is 1. The van der Waals surface area contributed by atoms with Gasteiger partial charge in [-0.1, -0.05) is 24.3 Å². The summed E-state index contributed by atoms with van der Waals surface area (Å²) < 4.78 is 0. The van der Waals surface area contributed by atoms with Crippen LogP contribution in [-0.4, -0.2) is 57.9 Å². The number of rotatable bonds is 11. The molecule has 2 aromatic heterocycles. The highest BCUT2D eigenvalue weighted by molar-refractivity contribution is 5.96. The van der Waals surface area contributed by atoms with Crippen LogP contribution in [0.5, 0.6) is 0 Å². The van der Waals surface area contributed by atoms with Gasteiger partial charge in [0.15, 0.2) is 0 Å². The largest absolute Gasteiger partial charge is 0.363 e. The summed E-state index contributed by atoms with van der Waals surface area (Å²) in [4.78, 5) is 33.6.